The van der Waals surface area contributed by atoms with Crippen molar-refractivity contribution < 1.29 is 23.1 Å². The van der Waals surface area contributed by atoms with Crippen molar-refractivity contribution in [2.75, 3.05) is 20.1 Å². The maximum atomic E-state index is 12.2. The first-order chi connectivity index (χ1) is 10.3. The van der Waals surface area contributed by atoms with Gasteiger partial charge in [-0.3, -0.25) is 9.59 Å². The van der Waals surface area contributed by atoms with Gasteiger partial charge in [0.25, 0.3) is 0 Å². The number of carboxylic acid groups (broad SMARTS) is 1. The van der Waals surface area contributed by atoms with E-state index in [0.29, 0.717) is 12.8 Å². The van der Waals surface area contributed by atoms with Gasteiger partial charge in [0.05, 0.1) is 16.9 Å². The summed E-state index contributed by atoms with van der Waals surface area (Å²) in [5.41, 5.74) is -0.869. The standard InChI is InChI=1S/C14H18N2O5S/c1-16(22(20,21)11-5-3-2-4-6-11)9-12(17)15-10-14(7-8-14)13(18)19/h2-6H,7-10H2,1H3,(H,15,17)(H,18,19). The van der Waals surface area contributed by atoms with Gasteiger partial charge in [-0.25, -0.2) is 8.42 Å². The molecule has 0 atom stereocenters. The number of amides is 1. The van der Waals surface area contributed by atoms with Crippen LogP contribution in [-0.2, 0) is 19.6 Å². The van der Waals surface area contributed by atoms with Crippen LogP contribution in [0.2, 0.25) is 0 Å². The highest BCUT2D eigenvalue weighted by molar-refractivity contribution is 7.89. The third-order valence-electron chi connectivity index (χ3n) is 3.75. The van der Waals surface area contributed by atoms with Crippen molar-refractivity contribution >= 4 is 21.9 Å². The van der Waals surface area contributed by atoms with E-state index in [4.69, 9.17) is 5.11 Å². The maximum absolute atomic E-state index is 12.2. The molecule has 0 radical (unpaired) electrons. The molecule has 1 aliphatic carbocycles. The number of aliphatic carboxylic acids is 1. The third-order valence-corrected chi connectivity index (χ3v) is 5.57. The van der Waals surface area contributed by atoms with Crippen LogP contribution in [0.25, 0.3) is 0 Å². The number of sulfonamides is 1. The van der Waals surface area contributed by atoms with Gasteiger partial charge in [-0.2, -0.15) is 4.31 Å². The van der Waals surface area contributed by atoms with E-state index in [1.807, 2.05) is 0 Å². The lowest BCUT2D eigenvalue weighted by atomic mass is 10.1. The van der Waals surface area contributed by atoms with Crippen molar-refractivity contribution in [1.82, 2.24) is 9.62 Å². The molecule has 1 aromatic rings. The van der Waals surface area contributed by atoms with Crippen molar-refractivity contribution in [2.45, 2.75) is 17.7 Å². The van der Waals surface area contributed by atoms with Gasteiger partial charge in [0.2, 0.25) is 15.9 Å². The number of carbonyl (C=O) groups excluding carboxylic acids is 1. The zero-order valence-corrected chi connectivity index (χ0v) is 13.0. The minimum absolute atomic E-state index is 0.0282. The van der Waals surface area contributed by atoms with Crippen LogP contribution in [0.3, 0.4) is 0 Å². The van der Waals surface area contributed by atoms with Crippen molar-refractivity contribution in [3.63, 3.8) is 0 Å². The van der Waals surface area contributed by atoms with E-state index in [1.54, 1.807) is 18.2 Å². The summed E-state index contributed by atoms with van der Waals surface area (Å²) in [6, 6.07) is 7.81. The predicted molar refractivity (Wildman–Crippen MR) is 78.6 cm³/mol. The lowest BCUT2D eigenvalue weighted by Crippen LogP contribution is -2.41. The molecule has 1 aliphatic rings. The van der Waals surface area contributed by atoms with Gasteiger partial charge in [0, 0.05) is 13.6 Å². The molecule has 0 aliphatic heterocycles. The zero-order chi connectivity index (χ0) is 16.4. The number of carboxylic acids is 1. The summed E-state index contributed by atoms with van der Waals surface area (Å²) >= 11 is 0. The minimum atomic E-state index is -3.73. The van der Waals surface area contributed by atoms with Gasteiger partial charge in [0.1, 0.15) is 0 Å². The number of benzene rings is 1. The highest BCUT2D eigenvalue weighted by atomic mass is 32.2. The van der Waals surface area contributed by atoms with Crippen molar-refractivity contribution in [3.8, 4) is 0 Å². The Hall–Kier alpha value is -1.93. The first kappa shape index (κ1) is 16.4. The van der Waals surface area contributed by atoms with Crippen LogP contribution in [0.5, 0.6) is 0 Å². The lowest BCUT2D eigenvalue weighted by molar-refractivity contribution is -0.143. The van der Waals surface area contributed by atoms with E-state index in [-0.39, 0.29) is 18.0 Å². The van der Waals surface area contributed by atoms with E-state index in [1.165, 1.54) is 19.2 Å². The fourth-order valence-electron chi connectivity index (χ4n) is 2.00. The number of nitrogens with one attached hydrogen (secondary N) is 1. The molecule has 1 aromatic carbocycles. The van der Waals surface area contributed by atoms with Crippen molar-refractivity contribution in [1.29, 1.82) is 0 Å². The molecule has 8 heteroatoms. The summed E-state index contributed by atoms with van der Waals surface area (Å²) < 4.78 is 25.4. The van der Waals surface area contributed by atoms with Gasteiger partial charge in [0.15, 0.2) is 0 Å². The molecule has 1 saturated carbocycles. The van der Waals surface area contributed by atoms with Gasteiger partial charge in [-0.1, -0.05) is 18.2 Å². The molecule has 0 unspecified atom stereocenters. The van der Waals surface area contributed by atoms with Gasteiger partial charge in [-0.05, 0) is 25.0 Å². The number of hydrogen-bond acceptors (Lipinski definition) is 4. The Balaban J connectivity index is 1.93. The second kappa shape index (κ2) is 6.05. The largest absolute Gasteiger partial charge is 0.481 e. The Bertz CT molecular complexity index is 668. The molecule has 0 heterocycles. The second-order valence-electron chi connectivity index (χ2n) is 5.44. The number of likely N-dealkylation sites (N-methyl/N-ethyl adjacent to an activating group) is 1. The first-order valence-electron chi connectivity index (χ1n) is 6.79. The van der Waals surface area contributed by atoms with E-state index in [9.17, 15) is 18.0 Å². The molecule has 22 heavy (non-hydrogen) atoms. The molecule has 1 amide bonds. The van der Waals surface area contributed by atoms with Gasteiger partial charge >= 0.3 is 5.97 Å². The Labute approximate surface area is 129 Å². The monoisotopic (exact) mass is 326 g/mol. The molecular formula is C14H18N2O5S. The Kier molecular flexibility index (Phi) is 4.52. The zero-order valence-electron chi connectivity index (χ0n) is 12.2. The Morgan fingerprint density at radius 2 is 1.86 bits per heavy atom. The van der Waals surface area contributed by atoms with Crippen LogP contribution in [0.4, 0.5) is 0 Å². The Morgan fingerprint density at radius 3 is 2.36 bits per heavy atom. The van der Waals surface area contributed by atoms with Crippen molar-refractivity contribution in [3.05, 3.63) is 30.3 Å². The molecule has 0 saturated heterocycles. The first-order valence-corrected chi connectivity index (χ1v) is 8.23. The molecule has 0 aromatic heterocycles. The fourth-order valence-corrected chi connectivity index (χ4v) is 3.15. The van der Waals surface area contributed by atoms with Crippen LogP contribution in [0.15, 0.2) is 35.2 Å². The molecule has 0 spiro atoms. The normalized spacial score (nSPS) is 16.3. The molecule has 2 rings (SSSR count). The fraction of sp³-hybridized carbons (Fsp3) is 0.429. The number of carbonyl (C=O) groups is 2. The molecular weight excluding hydrogens is 308 g/mol. The molecule has 0 bridgehead atoms. The van der Waals surface area contributed by atoms with Crippen LogP contribution in [0.1, 0.15) is 12.8 Å². The summed E-state index contributed by atoms with van der Waals surface area (Å²) in [5.74, 6) is -1.45. The highest BCUT2D eigenvalue weighted by Gasteiger charge is 2.50. The summed E-state index contributed by atoms with van der Waals surface area (Å²) in [6.07, 6.45) is 1.06. The average molecular weight is 326 g/mol. The molecule has 7 nitrogen and oxygen atoms in total. The minimum Gasteiger partial charge on any atom is -0.481 e. The molecule has 1 fully saturated rings. The maximum Gasteiger partial charge on any atom is 0.311 e. The van der Waals surface area contributed by atoms with E-state index in [0.717, 1.165) is 4.31 Å². The lowest BCUT2D eigenvalue weighted by Gasteiger charge is -2.18. The van der Waals surface area contributed by atoms with Gasteiger partial charge < -0.3 is 10.4 Å². The van der Waals surface area contributed by atoms with Crippen LogP contribution in [0, 0.1) is 5.41 Å². The number of rotatable bonds is 7. The summed E-state index contributed by atoms with van der Waals surface area (Å²) in [7, 11) is -2.42. The van der Waals surface area contributed by atoms with Crippen LogP contribution >= 0.6 is 0 Å². The van der Waals surface area contributed by atoms with E-state index in [2.05, 4.69) is 5.32 Å². The van der Waals surface area contributed by atoms with Gasteiger partial charge in [-0.15, -0.1) is 0 Å². The van der Waals surface area contributed by atoms with Crippen LogP contribution in [-0.4, -0.2) is 49.8 Å². The summed E-state index contributed by atoms with van der Waals surface area (Å²) in [6.45, 7) is -0.326. The summed E-state index contributed by atoms with van der Waals surface area (Å²) in [4.78, 5) is 22.9. The average Bonchev–Trinajstić information content (AvgIpc) is 3.27. The predicted octanol–water partition coefficient (Wildman–Crippen LogP) is 0.288. The Morgan fingerprint density at radius 1 is 1.27 bits per heavy atom. The number of nitrogens with zero attached hydrogens (tertiary/aromatic N) is 1. The van der Waals surface area contributed by atoms with Crippen molar-refractivity contribution in [2.24, 2.45) is 5.41 Å². The highest BCUT2D eigenvalue weighted by Crippen LogP contribution is 2.45. The topological polar surface area (TPSA) is 104 Å². The third kappa shape index (κ3) is 3.45. The quantitative estimate of drug-likeness (QED) is 0.749. The molecule has 120 valence electrons. The van der Waals surface area contributed by atoms with Crippen LogP contribution < -0.4 is 5.32 Å². The van der Waals surface area contributed by atoms with E-state index < -0.39 is 27.3 Å². The smallest absolute Gasteiger partial charge is 0.311 e. The molecule has 2 N–H and O–H groups in total. The SMILES string of the molecule is CN(CC(=O)NCC1(C(=O)O)CC1)S(=O)(=O)c1ccccc1. The van der Waals surface area contributed by atoms with E-state index >= 15 is 0 Å². The number of hydrogen-bond donors (Lipinski definition) is 2. The second-order valence-corrected chi connectivity index (χ2v) is 7.48. The summed E-state index contributed by atoms with van der Waals surface area (Å²) in [5, 5.41) is 11.5.